The van der Waals surface area contributed by atoms with E-state index in [2.05, 4.69) is 9.97 Å². The van der Waals surface area contributed by atoms with Crippen LogP contribution in [0.4, 0.5) is 0 Å². The molecule has 1 rings (SSSR count). The molecule has 1 aromatic rings. The minimum Gasteiger partial charge on any atom is -0.347 e. The molecule has 5 nitrogen and oxygen atoms in total. The van der Waals surface area contributed by atoms with Crippen molar-refractivity contribution in [2.75, 3.05) is 19.9 Å². The first kappa shape index (κ1) is 14.4. The van der Waals surface area contributed by atoms with Gasteiger partial charge in [-0.1, -0.05) is 11.8 Å². The minimum atomic E-state index is -0.998. The summed E-state index contributed by atoms with van der Waals surface area (Å²) in [6, 6.07) is 1.76. The molecule has 0 aliphatic heterocycles. The fourth-order valence-electron chi connectivity index (χ4n) is 1.48. The van der Waals surface area contributed by atoms with Gasteiger partial charge in [-0.3, -0.25) is 0 Å². The molecule has 0 spiro atoms. The van der Waals surface area contributed by atoms with Gasteiger partial charge in [0.05, 0.1) is 12.6 Å². The highest BCUT2D eigenvalue weighted by Gasteiger charge is 2.35. The van der Waals surface area contributed by atoms with Crippen LogP contribution in [-0.4, -0.2) is 36.0 Å². The molecule has 0 radical (unpaired) electrons. The number of methoxy groups -OCH3 is 1. The van der Waals surface area contributed by atoms with Gasteiger partial charge >= 0.3 is 0 Å². The van der Waals surface area contributed by atoms with Gasteiger partial charge < -0.3 is 15.2 Å². The lowest BCUT2D eigenvalue weighted by Crippen LogP contribution is -2.42. The van der Waals surface area contributed by atoms with Crippen molar-refractivity contribution in [3.63, 3.8) is 0 Å². The van der Waals surface area contributed by atoms with Crippen molar-refractivity contribution in [3.05, 3.63) is 18.0 Å². The van der Waals surface area contributed by atoms with E-state index >= 15 is 0 Å². The van der Waals surface area contributed by atoms with Gasteiger partial charge in [-0.15, -0.1) is 0 Å². The largest absolute Gasteiger partial charge is 0.347 e. The van der Waals surface area contributed by atoms with E-state index in [1.165, 1.54) is 11.8 Å². The Balaban J connectivity index is 3.11. The van der Waals surface area contributed by atoms with Crippen LogP contribution in [0.3, 0.4) is 0 Å². The van der Waals surface area contributed by atoms with Gasteiger partial charge in [-0.05, 0) is 26.2 Å². The lowest BCUT2D eigenvalue weighted by atomic mass is 10.1. The summed E-state index contributed by atoms with van der Waals surface area (Å²) in [6.45, 7) is 4.06. The van der Waals surface area contributed by atoms with Gasteiger partial charge in [0.2, 0.25) is 5.79 Å². The Bertz CT molecular complexity index is 356. The first-order valence-electron chi connectivity index (χ1n) is 5.38. The van der Waals surface area contributed by atoms with E-state index in [1.807, 2.05) is 20.1 Å². The average molecular weight is 257 g/mol. The van der Waals surface area contributed by atoms with E-state index in [9.17, 15) is 0 Å². The van der Waals surface area contributed by atoms with E-state index in [0.29, 0.717) is 10.9 Å². The Morgan fingerprint density at radius 2 is 2.24 bits per heavy atom. The minimum absolute atomic E-state index is 0.00815. The van der Waals surface area contributed by atoms with Gasteiger partial charge in [-0.2, -0.15) is 0 Å². The second-order valence-corrected chi connectivity index (χ2v) is 4.53. The van der Waals surface area contributed by atoms with E-state index in [-0.39, 0.29) is 12.6 Å². The van der Waals surface area contributed by atoms with Crippen LogP contribution >= 0.6 is 11.8 Å². The van der Waals surface area contributed by atoms with Gasteiger partial charge in [0.15, 0.2) is 5.16 Å². The van der Waals surface area contributed by atoms with Crippen LogP contribution in [0, 0.1) is 0 Å². The fraction of sp³-hybridized carbons (Fsp3) is 0.636. The van der Waals surface area contributed by atoms with Crippen molar-refractivity contribution in [1.82, 2.24) is 9.97 Å². The van der Waals surface area contributed by atoms with Gasteiger partial charge in [0.1, 0.15) is 5.69 Å². The molecule has 2 N–H and O–H groups in total. The molecular formula is C11H19N3O2S. The Morgan fingerprint density at radius 3 is 2.71 bits per heavy atom. The summed E-state index contributed by atoms with van der Waals surface area (Å²) in [6.07, 6.45) is 3.59. The molecule has 0 amide bonds. The molecule has 17 heavy (non-hydrogen) atoms. The molecule has 0 fully saturated rings. The molecule has 0 saturated heterocycles. The third-order valence-corrected chi connectivity index (χ3v) is 2.79. The third kappa shape index (κ3) is 3.38. The molecule has 0 saturated carbocycles. The smallest absolute Gasteiger partial charge is 0.225 e. The molecule has 1 aromatic heterocycles. The number of rotatable bonds is 6. The van der Waals surface area contributed by atoms with Gasteiger partial charge in [0, 0.05) is 13.3 Å². The van der Waals surface area contributed by atoms with Crippen LogP contribution < -0.4 is 5.73 Å². The third-order valence-electron chi connectivity index (χ3n) is 2.23. The van der Waals surface area contributed by atoms with Crippen molar-refractivity contribution in [2.45, 2.75) is 30.9 Å². The van der Waals surface area contributed by atoms with E-state index in [0.717, 1.165) is 0 Å². The summed E-state index contributed by atoms with van der Waals surface area (Å²) >= 11 is 1.46. The SMILES string of the molecule is COC(CN)(OC(C)C)c1ccnc(SC)n1. The maximum absolute atomic E-state index is 5.78. The summed E-state index contributed by atoms with van der Waals surface area (Å²) in [7, 11) is 1.57. The zero-order valence-corrected chi connectivity index (χ0v) is 11.5. The molecule has 1 unspecified atom stereocenters. The standard InChI is InChI=1S/C11H19N3O2S/c1-8(2)16-11(7-12,15-3)9-5-6-13-10(14-9)17-4/h5-6,8H,7,12H2,1-4H3. The average Bonchev–Trinajstić information content (AvgIpc) is 2.36. The van der Waals surface area contributed by atoms with Crippen LogP contribution in [0.25, 0.3) is 0 Å². The lowest BCUT2D eigenvalue weighted by Gasteiger charge is -2.32. The van der Waals surface area contributed by atoms with Crippen molar-refractivity contribution in [1.29, 1.82) is 0 Å². The first-order valence-corrected chi connectivity index (χ1v) is 6.61. The highest BCUT2D eigenvalue weighted by molar-refractivity contribution is 7.98. The number of ether oxygens (including phenoxy) is 2. The van der Waals surface area contributed by atoms with Crippen LogP contribution in [-0.2, 0) is 15.3 Å². The Morgan fingerprint density at radius 1 is 1.53 bits per heavy atom. The number of thioether (sulfide) groups is 1. The van der Waals surface area contributed by atoms with E-state index in [1.54, 1.807) is 19.4 Å². The molecule has 0 aliphatic carbocycles. The van der Waals surface area contributed by atoms with Crippen LogP contribution in [0.2, 0.25) is 0 Å². The molecule has 1 atom stereocenters. The van der Waals surface area contributed by atoms with Crippen LogP contribution in [0.15, 0.2) is 17.4 Å². The number of nitrogens with two attached hydrogens (primary N) is 1. The molecule has 0 bridgehead atoms. The molecule has 0 aliphatic rings. The summed E-state index contributed by atoms with van der Waals surface area (Å²) < 4.78 is 11.2. The lowest BCUT2D eigenvalue weighted by molar-refractivity contribution is -0.245. The summed E-state index contributed by atoms with van der Waals surface area (Å²) in [5, 5.41) is 0.671. The Kier molecular flexibility index (Phi) is 5.32. The van der Waals surface area contributed by atoms with Crippen LogP contribution in [0.1, 0.15) is 19.5 Å². The number of hydrogen-bond acceptors (Lipinski definition) is 6. The second-order valence-electron chi connectivity index (χ2n) is 3.76. The fourth-order valence-corrected chi connectivity index (χ4v) is 1.84. The molecule has 6 heteroatoms. The topological polar surface area (TPSA) is 70.3 Å². The normalized spacial score (nSPS) is 14.9. The number of hydrogen-bond donors (Lipinski definition) is 1. The monoisotopic (exact) mass is 257 g/mol. The van der Waals surface area contributed by atoms with Gasteiger partial charge in [0.25, 0.3) is 0 Å². The zero-order valence-electron chi connectivity index (χ0n) is 10.6. The van der Waals surface area contributed by atoms with Crippen molar-refractivity contribution in [3.8, 4) is 0 Å². The first-order chi connectivity index (χ1) is 8.07. The van der Waals surface area contributed by atoms with Crippen LogP contribution in [0.5, 0.6) is 0 Å². The highest BCUT2D eigenvalue weighted by atomic mass is 32.2. The quantitative estimate of drug-likeness (QED) is 0.471. The summed E-state index contributed by atoms with van der Waals surface area (Å²) in [4.78, 5) is 8.50. The number of nitrogens with zero attached hydrogens (tertiary/aromatic N) is 2. The Hall–Kier alpha value is -0.690. The van der Waals surface area contributed by atoms with Crippen molar-refractivity contribution < 1.29 is 9.47 Å². The molecule has 1 heterocycles. The van der Waals surface area contributed by atoms with Gasteiger partial charge in [-0.25, -0.2) is 9.97 Å². The highest BCUT2D eigenvalue weighted by Crippen LogP contribution is 2.26. The zero-order chi connectivity index (χ0) is 12.9. The molecule has 0 aromatic carbocycles. The van der Waals surface area contributed by atoms with E-state index < -0.39 is 5.79 Å². The Labute approximate surface area is 106 Å². The summed E-state index contributed by atoms with van der Waals surface area (Å²) in [5.74, 6) is -0.998. The predicted molar refractivity (Wildman–Crippen MR) is 67.8 cm³/mol. The van der Waals surface area contributed by atoms with Crippen molar-refractivity contribution >= 4 is 11.8 Å². The number of aromatic nitrogens is 2. The maximum atomic E-state index is 5.78. The van der Waals surface area contributed by atoms with E-state index in [4.69, 9.17) is 15.2 Å². The second kappa shape index (κ2) is 6.30. The van der Waals surface area contributed by atoms with Crippen molar-refractivity contribution in [2.24, 2.45) is 5.73 Å². The maximum Gasteiger partial charge on any atom is 0.225 e. The molecule has 96 valence electrons. The predicted octanol–water partition coefficient (Wildman–Crippen LogP) is 1.38. The molecular weight excluding hydrogens is 238 g/mol. The summed E-state index contributed by atoms with van der Waals surface area (Å²) in [5.41, 5.74) is 6.42.